The van der Waals surface area contributed by atoms with E-state index in [0.717, 1.165) is 27.6 Å². The number of esters is 2. The number of hydrogen-bond acceptors (Lipinski definition) is 14. The molecule has 1 unspecified atom stereocenters. The molecule has 0 radical (unpaired) electrons. The minimum absolute atomic E-state index is 0.121. The summed E-state index contributed by atoms with van der Waals surface area (Å²) >= 11 is 0. The van der Waals surface area contributed by atoms with Crippen molar-refractivity contribution in [1.29, 1.82) is 0 Å². The Balaban J connectivity index is 0.000000149. The first-order chi connectivity index (χ1) is 27.5. The van der Waals surface area contributed by atoms with E-state index in [9.17, 15) is 24.6 Å². The molecule has 6 heterocycles. The molecule has 0 saturated carbocycles. The normalized spacial score (nSPS) is 23.2. The van der Waals surface area contributed by atoms with Crippen LogP contribution in [-0.2, 0) is 37.8 Å². The number of aliphatic hydroxyl groups is 2. The van der Waals surface area contributed by atoms with Crippen LogP contribution in [0, 0.1) is 11.8 Å². The summed E-state index contributed by atoms with van der Waals surface area (Å²) in [5, 5.41) is 22.7. The quantitative estimate of drug-likeness (QED) is 0.167. The van der Waals surface area contributed by atoms with Crippen molar-refractivity contribution in [2.45, 2.75) is 44.1 Å². The van der Waals surface area contributed by atoms with E-state index in [1.165, 1.54) is 7.11 Å². The number of nitrogens with two attached hydrogens (primary N) is 1. The summed E-state index contributed by atoms with van der Waals surface area (Å²) in [5.74, 6) is 0.267. The Hall–Kier alpha value is -6.32. The number of carbonyl (C=O) groups excluding carboxylic acids is 2. The molecule has 0 amide bonds. The minimum Gasteiger partial charge on any atom is -0.493 e. The highest BCUT2D eigenvalue weighted by atomic mass is 16.7. The Labute approximate surface area is 325 Å². The van der Waals surface area contributed by atoms with Gasteiger partial charge in [-0.15, -0.1) is 0 Å². The highest BCUT2D eigenvalue weighted by Gasteiger charge is 2.52. The number of methoxy groups -OCH3 is 3. The standard InChI is InChI=1S/C22H22O8.C20H17N3O4/c1-25-16-4-10(5-17(26-2)21(16)27-3)18-11-6-14-15(30-9-29-14)7-12(11)20(23)13-8-28-22(24)19(13)18;1-2-20(26)13-7-16-17-10(6-11-14(21)4-3-5-15(11)22-17)8-23(16)18(24)12(13)9-27-19(20)25/h4-7,13,18-20,23H,8-9H2,1-3H3;3-7,26H,2,8-9,21H2,1H3/t13-,18+,19-,20-;/m0./s1. The van der Waals surface area contributed by atoms with Crippen molar-refractivity contribution >= 4 is 28.5 Å². The van der Waals surface area contributed by atoms with Crippen molar-refractivity contribution in [2.75, 3.05) is 40.5 Å². The summed E-state index contributed by atoms with van der Waals surface area (Å²) < 4.78 is 39.6. The summed E-state index contributed by atoms with van der Waals surface area (Å²) in [6.07, 6.45) is -0.722. The smallest absolute Gasteiger partial charge is 0.343 e. The predicted molar refractivity (Wildman–Crippen MR) is 202 cm³/mol. The largest absolute Gasteiger partial charge is 0.493 e. The Morgan fingerprint density at radius 2 is 1.65 bits per heavy atom. The number of anilines is 1. The maximum Gasteiger partial charge on any atom is 0.343 e. The Bertz CT molecular complexity index is 2560. The number of nitrogen functional groups attached to an aromatic ring is 1. The van der Waals surface area contributed by atoms with Crippen molar-refractivity contribution in [3.63, 3.8) is 0 Å². The first-order valence-corrected chi connectivity index (χ1v) is 18.4. The van der Waals surface area contributed by atoms with Gasteiger partial charge in [-0.05, 0) is 71.6 Å². The molecule has 294 valence electrons. The fourth-order valence-corrected chi connectivity index (χ4v) is 8.84. The van der Waals surface area contributed by atoms with Gasteiger partial charge in [0, 0.05) is 34.0 Å². The van der Waals surface area contributed by atoms with Crippen LogP contribution in [0.4, 0.5) is 5.69 Å². The van der Waals surface area contributed by atoms with Gasteiger partial charge in [0.2, 0.25) is 12.5 Å². The number of rotatable bonds is 5. The van der Waals surface area contributed by atoms with Crippen molar-refractivity contribution in [2.24, 2.45) is 11.8 Å². The van der Waals surface area contributed by atoms with Crippen molar-refractivity contribution in [1.82, 2.24) is 9.55 Å². The van der Waals surface area contributed by atoms with Gasteiger partial charge in [0.25, 0.3) is 5.56 Å². The molecule has 15 nitrogen and oxygen atoms in total. The lowest BCUT2D eigenvalue weighted by atomic mass is 9.66. The van der Waals surface area contributed by atoms with Crippen LogP contribution in [0.3, 0.4) is 0 Å². The Kier molecular flexibility index (Phi) is 8.55. The molecule has 1 fully saturated rings. The average molecular weight is 778 g/mol. The van der Waals surface area contributed by atoms with E-state index in [2.05, 4.69) is 0 Å². The summed E-state index contributed by atoms with van der Waals surface area (Å²) in [5.41, 5.74) is 10.4. The van der Waals surface area contributed by atoms with E-state index in [4.69, 9.17) is 43.9 Å². The molecule has 0 bridgehead atoms. The van der Waals surface area contributed by atoms with Gasteiger partial charge in [-0.2, -0.15) is 0 Å². The molecule has 0 spiro atoms. The van der Waals surface area contributed by atoms with Crippen molar-refractivity contribution in [3.05, 3.63) is 98.3 Å². The molecule has 57 heavy (non-hydrogen) atoms. The number of hydrogen-bond donors (Lipinski definition) is 3. The number of ether oxygens (including phenoxy) is 7. The van der Waals surface area contributed by atoms with E-state index < -0.39 is 23.6 Å². The molecule has 4 N–H and O–H groups in total. The molecule has 4 aliphatic heterocycles. The van der Waals surface area contributed by atoms with Gasteiger partial charge in [-0.25, -0.2) is 9.78 Å². The van der Waals surface area contributed by atoms with Gasteiger partial charge in [0.05, 0.1) is 69.0 Å². The van der Waals surface area contributed by atoms with Gasteiger partial charge in [0.15, 0.2) is 28.6 Å². The molecule has 2 aromatic heterocycles. The first-order valence-electron chi connectivity index (χ1n) is 18.4. The van der Waals surface area contributed by atoms with Gasteiger partial charge in [0.1, 0.15) is 6.61 Å². The van der Waals surface area contributed by atoms with E-state index >= 15 is 0 Å². The van der Waals surface area contributed by atoms with Crippen molar-refractivity contribution in [3.8, 4) is 40.1 Å². The van der Waals surface area contributed by atoms with E-state index in [-0.39, 0.29) is 49.8 Å². The monoisotopic (exact) mass is 777 g/mol. The maximum absolute atomic E-state index is 13.1. The minimum atomic E-state index is -1.81. The SMILES string of the molecule is CCC1(O)C(=O)OCc2c1cc1n(c2=O)Cc2cc3c(N)cccc3nc2-1.COc1cc([C@@H]2c3cc4c(cc3[C@H](O)[C@H]3COC(=O)[C@H]23)OCO4)cc(OC)c1OC. The van der Waals surface area contributed by atoms with Crippen LogP contribution < -0.4 is 35.0 Å². The highest BCUT2D eigenvalue weighted by Crippen LogP contribution is 2.55. The molecule has 1 saturated heterocycles. The van der Waals surface area contributed by atoms with E-state index in [0.29, 0.717) is 69.1 Å². The van der Waals surface area contributed by atoms with E-state index in [1.807, 2.05) is 42.5 Å². The van der Waals surface area contributed by atoms with Crippen molar-refractivity contribution < 1.29 is 53.0 Å². The number of carbonyl (C=O) groups is 2. The zero-order valence-electron chi connectivity index (χ0n) is 31.5. The van der Waals surface area contributed by atoms with Crippen LogP contribution >= 0.6 is 0 Å². The Morgan fingerprint density at radius 3 is 2.33 bits per heavy atom. The van der Waals surface area contributed by atoms with Crippen LogP contribution in [0.2, 0.25) is 0 Å². The number of nitrogens with zero attached hydrogens (tertiary/aromatic N) is 2. The molecule has 5 aromatic rings. The lowest BCUT2D eigenvalue weighted by Crippen LogP contribution is -2.44. The van der Waals surface area contributed by atoms with Crippen LogP contribution in [0.15, 0.2) is 59.4 Å². The predicted octanol–water partition coefficient (Wildman–Crippen LogP) is 4.07. The lowest BCUT2D eigenvalue weighted by Gasteiger charge is -2.37. The summed E-state index contributed by atoms with van der Waals surface area (Å²) in [7, 11) is 4.63. The summed E-state index contributed by atoms with van der Waals surface area (Å²) in [6, 6.07) is 16.5. The maximum atomic E-state index is 13.1. The van der Waals surface area contributed by atoms with Gasteiger partial charge >= 0.3 is 11.9 Å². The lowest BCUT2D eigenvalue weighted by molar-refractivity contribution is -0.172. The number of cyclic esters (lactones) is 2. The van der Waals surface area contributed by atoms with Crippen LogP contribution in [0.25, 0.3) is 22.3 Å². The number of pyridine rings is 2. The highest BCUT2D eigenvalue weighted by molar-refractivity contribution is 5.93. The fraction of sp³-hybridized carbons (Fsp3) is 0.333. The fourth-order valence-electron chi connectivity index (χ4n) is 8.84. The number of fused-ring (bicyclic) bond motifs is 8. The zero-order chi connectivity index (χ0) is 39.9. The summed E-state index contributed by atoms with van der Waals surface area (Å²) in [6.45, 7) is 2.21. The number of aliphatic hydroxyl groups excluding tert-OH is 1. The second-order valence-corrected chi connectivity index (χ2v) is 14.5. The molecule has 1 aliphatic carbocycles. The number of aromatic nitrogens is 2. The molecular formula is C42H39N3O12. The molecule has 5 aliphatic rings. The molecule has 5 atom stereocenters. The first kappa shape index (κ1) is 36.3. The topological polar surface area (TPSA) is 200 Å². The third kappa shape index (κ3) is 5.40. The van der Waals surface area contributed by atoms with Crippen LogP contribution in [0.1, 0.15) is 58.7 Å². The molecule has 3 aromatic carbocycles. The molecular weight excluding hydrogens is 738 g/mol. The van der Waals surface area contributed by atoms with Gasteiger partial charge in [-0.1, -0.05) is 13.0 Å². The zero-order valence-corrected chi connectivity index (χ0v) is 31.5. The third-order valence-electron chi connectivity index (χ3n) is 11.8. The third-order valence-corrected chi connectivity index (χ3v) is 11.8. The number of benzene rings is 3. The van der Waals surface area contributed by atoms with Gasteiger partial charge < -0.3 is 53.7 Å². The van der Waals surface area contributed by atoms with Crippen LogP contribution in [0.5, 0.6) is 28.7 Å². The average Bonchev–Trinajstić information content (AvgIpc) is 3.95. The second kappa shape index (κ2) is 13.4. The summed E-state index contributed by atoms with van der Waals surface area (Å²) in [4.78, 5) is 42.7. The second-order valence-electron chi connectivity index (χ2n) is 14.5. The molecule has 10 rings (SSSR count). The van der Waals surface area contributed by atoms with Crippen LogP contribution in [-0.4, -0.2) is 66.4 Å². The molecule has 15 heteroatoms. The Morgan fingerprint density at radius 1 is 0.930 bits per heavy atom. The van der Waals surface area contributed by atoms with E-state index in [1.54, 1.807) is 37.8 Å². The van der Waals surface area contributed by atoms with Gasteiger partial charge in [-0.3, -0.25) is 9.59 Å².